The maximum Gasteiger partial charge on any atom is 0.395 e. The molecule has 0 amide bonds. The lowest BCUT2D eigenvalue weighted by Crippen LogP contribution is -2.25. The number of hydrogen-bond donors (Lipinski definition) is 0. The molecule has 2 aliphatic carbocycles. The maximum absolute atomic E-state index is 7.67. The van der Waals surface area contributed by atoms with Gasteiger partial charge in [-0.3, -0.25) is 0 Å². The molecule has 0 radical (unpaired) electrons. The highest BCUT2D eigenvalue weighted by Gasteiger charge is 2.52. The van der Waals surface area contributed by atoms with Crippen LogP contribution in [-0.4, -0.2) is 14.5 Å². The van der Waals surface area contributed by atoms with Crippen molar-refractivity contribution in [2.24, 2.45) is 0 Å². The van der Waals surface area contributed by atoms with Gasteiger partial charge >= 0.3 is 11.8 Å². The van der Waals surface area contributed by atoms with Crippen molar-refractivity contribution in [3.05, 3.63) is 172 Å². The van der Waals surface area contributed by atoms with Crippen molar-refractivity contribution in [1.29, 1.82) is 0 Å². The molecule has 3 aromatic heterocycles. The van der Waals surface area contributed by atoms with E-state index in [0.717, 1.165) is 27.5 Å². The predicted molar refractivity (Wildman–Crippen MR) is 192 cm³/mol. The van der Waals surface area contributed by atoms with Crippen molar-refractivity contribution in [2.45, 2.75) is 5.41 Å². The molecule has 0 saturated carbocycles. The maximum atomic E-state index is 7.67. The molecule has 0 aliphatic heterocycles. The van der Waals surface area contributed by atoms with Crippen LogP contribution in [0.4, 0.5) is 11.8 Å². The minimum atomic E-state index is -0.456. The fourth-order valence-corrected chi connectivity index (χ4v) is 8.77. The molecule has 49 heavy (non-hydrogen) atoms. The molecule has 2 aliphatic rings. The number of furan rings is 1. The highest BCUT2D eigenvalue weighted by atomic mass is 16.3. The van der Waals surface area contributed by atoms with Gasteiger partial charge in [0.1, 0.15) is 5.58 Å². The van der Waals surface area contributed by atoms with Crippen molar-refractivity contribution in [3.8, 4) is 27.9 Å². The fraction of sp³-hybridized carbons (Fsp3) is 0.0233. The van der Waals surface area contributed by atoms with E-state index in [0.29, 0.717) is 16.7 Å². The Morgan fingerprint density at radius 1 is 0.592 bits per heavy atom. The zero-order valence-electron chi connectivity index (χ0n) is 25.8. The van der Waals surface area contributed by atoms with E-state index in [2.05, 4.69) is 146 Å². The summed E-state index contributed by atoms with van der Waals surface area (Å²) >= 11 is 0. The van der Waals surface area contributed by atoms with Crippen molar-refractivity contribution in [1.82, 2.24) is 14.5 Å². The molecule has 0 unspecified atom stereocenters. The number of aromatic nitrogens is 3. The van der Waals surface area contributed by atoms with Gasteiger partial charge in [0.15, 0.2) is 11.1 Å². The molecule has 6 heteroatoms. The van der Waals surface area contributed by atoms with Gasteiger partial charge in [-0.05, 0) is 63.2 Å². The topological polar surface area (TPSA) is 52.6 Å². The second kappa shape index (κ2) is 9.07. The number of rotatable bonds is 1. The quantitative estimate of drug-likeness (QED) is 0.171. The van der Waals surface area contributed by atoms with Crippen LogP contribution < -0.4 is 0 Å². The summed E-state index contributed by atoms with van der Waals surface area (Å²) in [5.74, 6) is -0.0252. The van der Waals surface area contributed by atoms with Crippen molar-refractivity contribution < 1.29 is 4.42 Å². The van der Waals surface area contributed by atoms with E-state index in [1.54, 1.807) is 0 Å². The van der Waals surface area contributed by atoms with Gasteiger partial charge in [-0.1, -0.05) is 110 Å². The summed E-state index contributed by atoms with van der Waals surface area (Å²) in [6, 6.07) is 45.9. The van der Waals surface area contributed by atoms with Gasteiger partial charge in [-0.2, -0.15) is 0 Å². The van der Waals surface area contributed by atoms with Gasteiger partial charge in [0, 0.05) is 22.0 Å². The van der Waals surface area contributed by atoms with E-state index in [4.69, 9.17) is 17.6 Å². The van der Waals surface area contributed by atoms with E-state index in [1.165, 1.54) is 49.9 Å². The highest BCUT2D eigenvalue weighted by Crippen LogP contribution is 2.64. The third-order valence-corrected chi connectivity index (χ3v) is 10.5. The molecule has 0 atom stereocenters. The first-order valence-electron chi connectivity index (χ1n) is 16.1. The normalized spacial score (nSPS) is 13.4. The van der Waals surface area contributed by atoms with E-state index in [-0.39, 0.29) is 11.8 Å². The van der Waals surface area contributed by atoms with Gasteiger partial charge < -0.3 is 18.7 Å². The predicted octanol–water partition coefficient (Wildman–Crippen LogP) is 10.9. The van der Waals surface area contributed by atoms with Crippen molar-refractivity contribution >= 4 is 55.6 Å². The minimum Gasteiger partial charge on any atom is -0.462 e. The zero-order valence-corrected chi connectivity index (χ0v) is 25.8. The summed E-state index contributed by atoms with van der Waals surface area (Å²) in [6.45, 7) is 15.2. The molecule has 9 aromatic rings. The molecular formula is C43H21N5O. The first-order chi connectivity index (χ1) is 24.2. The molecule has 6 aromatic carbocycles. The van der Waals surface area contributed by atoms with Crippen LogP contribution >= 0.6 is 0 Å². The lowest BCUT2D eigenvalue weighted by atomic mass is 9.70. The molecular weight excluding hydrogens is 603 g/mol. The highest BCUT2D eigenvalue weighted by molar-refractivity contribution is 6.17. The zero-order chi connectivity index (χ0) is 32.4. The van der Waals surface area contributed by atoms with Crippen LogP contribution in [-0.2, 0) is 5.41 Å². The average molecular weight is 624 g/mol. The Hall–Kier alpha value is -7.02. The van der Waals surface area contributed by atoms with Crippen LogP contribution in [0.2, 0.25) is 0 Å². The van der Waals surface area contributed by atoms with E-state index in [9.17, 15) is 0 Å². The molecule has 1 spiro atoms. The second-order valence-corrected chi connectivity index (χ2v) is 12.7. The first kappa shape index (κ1) is 26.1. The Morgan fingerprint density at radius 2 is 1.27 bits per heavy atom. The summed E-state index contributed by atoms with van der Waals surface area (Å²) in [4.78, 5) is 15.6. The minimum absolute atomic E-state index is 0.0439. The Bertz CT molecular complexity index is 3000. The van der Waals surface area contributed by atoms with Gasteiger partial charge in [0.25, 0.3) is 0 Å². The molecule has 0 N–H and O–H groups in total. The average Bonchev–Trinajstić information content (AvgIpc) is 3.87. The number of nitrogens with zero attached hydrogens (tertiary/aromatic N) is 5. The number of benzene rings is 6. The molecule has 0 fully saturated rings. The third kappa shape index (κ3) is 3.05. The molecule has 3 heterocycles. The van der Waals surface area contributed by atoms with Crippen LogP contribution in [0.1, 0.15) is 22.3 Å². The monoisotopic (exact) mass is 623 g/mol. The standard InChI is InChI=1S/C43H21N5O/c1-44-41-40-38(46-42(45-2)47-41)30-23-24(19-22-36(30)49-40)48-35-18-10-6-13-27(35)28-20-21-34-37(39(28)48)29-14-5-9-17-33(29)43(34)31-15-7-3-11-25(31)26-12-4-8-16-32(26)43/h3-23H. The van der Waals surface area contributed by atoms with E-state index >= 15 is 0 Å². The molecule has 11 rings (SSSR count). The molecule has 0 bridgehead atoms. The Morgan fingerprint density at radius 3 is 2.00 bits per heavy atom. The lowest BCUT2D eigenvalue weighted by molar-refractivity contribution is 0.668. The Labute approximate surface area is 279 Å². The van der Waals surface area contributed by atoms with Crippen LogP contribution in [0.5, 0.6) is 0 Å². The van der Waals surface area contributed by atoms with Gasteiger partial charge in [0.05, 0.1) is 21.8 Å². The second-order valence-electron chi connectivity index (χ2n) is 12.7. The van der Waals surface area contributed by atoms with Crippen molar-refractivity contribution in [2.75, 3.05) is 0 Å². The lowest BCUT2D eigenvalue weighted by Gasteiger charge is -2.30. The fourth-order valence-electron chi connectivity index (χ4n) is 8.77. The van der Waals surface area contributed by atoms with Gasteiger partial charge in [0.2, 0.25) is 0 Å². The smallest absolute Gasteiger partial charge is 0.395 e. The molecule has 224 valence electrons. The summed E-state index contributed by atoms with van der Waals surface area (Å²) < 4.78 is 8.48. The van der Waals surface area contributed by atoms with Gasteiger partial charge in [-0.15, -0.1) is 16.5 Å². The SMILES string of the molecule is [C-]#[N+]c1nc([N+]#[C-])c2oc3ccc(-n4c5ccccc5c5ccc6c(c54)-c4ccccc4C64c5ccccc5-c5ccccc54)cc3c2n1. The van der Waals surface area contributed by atoms with Crippen LogP contribution in [0.3, 0.4) is 0 Å². The van der Waals surface area contributed by atoms with Crippen LogP contribution in [0.25, 0.3) is 81.5 Å². The Balaban J connectivity index is 1.30. The molecule has 0 saturated heterocycles. The number of para-hydroxylation sites is 1. The van der Waals surface area contributed by atoms with E-state index < -0.39 is 5.41 Å². The van der Waals surface area contributed by atoms with Gasteiger partial charge in [-0.25, -0.2) is 0 Å². The largest absolute Gasteiger partial charge is 0.462 e. The third-order valence-electron chi connectivity index (χ3n) is 10.5. The summed E-state index contributed by atoms with van der Waals surface area (Å²) in [7, 11) is 0. The first-order valence-corrected chi connectivity index (χ1v) is 16.1. The van der Waals surface area contributed by atoms with Crippen molar-refractivity contribution in [3.63, 3.8) is 0 Å². The van der Waals surface area contributed by atoms with Crippen LogP contribution in [0, 0.1) is 13.1 Å². The number of fused-ring (bicyclic) bond motifs is 17. The molecule has 6 nitrogen and oxygen atoms in total. The Kier molecular flexibility index (Phi) is 4.83. The van der Waals surface area contributed by atoms with E-state index in [1.807, 2.05) is 6.07 Å². The summed E-state index contributed by atoms with van der Waals surface area (Å²) in [6.07, 6.45) is 0. The summed E-state index contributed by atoms with van der Waals surface area (Å²) in [5, 5.41) is 3.07. The number of hydrogen-bond acceptors (Lipinski definition) is 3. The van der Waals surface area contributed by atoms with Crippen LogP contribution in [0.15, 0.2) is 132 Å². The summed E-state index contributed by atoms with van der Waals surface area (Å²) in [5.41, 5.74) is 14.2.